The van der Waals surface area contributed by atoms with Gasteiger partial charge in [-0.2, -0.15) is 0 Å². The Morgan fingerprint density at radius 1 is 0.488 bits per heavy atom. The molecule has 0 radical (unpaired) electrons. The molecule has 198 valence electrons. The van der Waals surface area contributed by atoms with Crippen molar-refractivity contribution >= 4 is 69.5 Å². The molecular weight excluding hydrogens is 552 g/mol. The Kier molecular flexibility index (Phi) is 8.45. The lowest BCUT2D eigenvalue weighted by molar-refractivity contribution is 1.56. The van der Waals surface area contributed by atoms with Crippen LogP contribution in [0.4, 0.5) is 5.69 Å². The van der Waals surface area contributed by atoms with Crippen LogP contribution in [0.1, 0.15) is 5.56 Å². The van der Waals surface area contributed by atoms with E-state index in [4.69, 9.17) is 16.8 Å². The van der Waals surface area contributed by atoms with Gasteiger partial charge in [-0.25, -0.2) is 0 Å². The zero-order chi connectivity index (χ0) is 27.9. The Hall–Kier alpha value is -3.93. The van der Waals surface area contributed by atoms with Crippen LogP contribution in [-0.2, 0) is 11.8 Å². The van der Waals surface area contributed by atoms with Crippen LogP contribution in [0, 0.1) is 0 Å². The number of benzene rings is 6. The lowest BCUT2D eigenvalue weighted by atomic mass is 10.2. The van der Waals surface area contributed by atoms with Crippen molar-refractivity contribution in [1.29, 1.82) is 0 Å². The molecule has 0 bridgehead atoms. The number of aliphatic imine (C=N–C) groups is 1. The molecule has 0 unspecified atom stereocenters. The fraction of sp³-hybridized carbons (Fsp3) is 0. The van der Waals surface area contributed by atoms with Gasteiger partial charge in [0.15, 0.2) is 0 Å². The summed E-state index contributed by atoms with van der Waals surface area (Å²) in [5.41, 5.74) is 2.04. The molecule has 6 aromatic carbocycles. The molecule has 0 aromatic heterocycles. The van der Waals surface area contributed by atoms with Crippen LogP contribution in [0.25, 0.3) is 0 Å². The van der Waals surface area contributed by atoms with Crippen molar-refractivity contribution in [3.63, 3.8) is 0 Å². The number of rotatable bonds is 8. The molecule has 0 saturated heterocycles. The SMILES string of the molecule is S=P(c1ccccc1)(c1ccccc1)c1ccccc1N=Cc1ccccc1P(c1ccccc1)c1ccccc1. The van der Waals surface area contributed by atoms with Gasteiger partial charge in [0, 0.05) is 23.1 Å². The van der Waals surface area contributed by atoms with Gasteiger partial charge in [0.2, 0.25) is 0 Å². The molecule has 4 heteroatoms. The molecule has 0 N–H and O–H groups in total. The van der Waals surface area contributed by atoms with E-state index in [0.29, 0.717) is 0 Å². The van der Waals surface area contributed by atoms with E-state index in [9.17, 15) is 0 Å². The number of hydrogen-bond acceptors (Lipinski definition) is 2. The second kappa shape index (κ2) is 12.7. The van der Waals surface area contributed by atoms with E-state index in [1.165, 1.54) is 26.5 Å². The highest BCUT2D eigenvalue weighted by Gasteiger charge is 2.27. The van der Waals surface area contributed by atoms with Crippen molar-refractivity contribution in [3.05, 3.63) is 175 Å². The van der Waals surface area contributed by atoms with E-state index < -0.39 is 14.0 Å². The number of hydrogen-bond donors (Lipinski definition) is 0. The molecule has 0 heterocycles. The van der Waals surface area contributed by atoms with Crippen LogP contribution in [0.5, 0.6) is 0 Å². The Balaban J connectivity index is 1.48. The molecule has 0 saturated carbocycles. The van der Waals surface area contributed by atoms with Crippen LogP contribution in [0.2, 0.25) is 0 Å². The number of nitrogens with zero attached hydrogens (tertiary/aromatic N) is 1. The Labute approximate surface area is 249 Å². The van der Waals surface area contributed by atoms with Gasteiger partial charge in [-0.1, -0.05) is 176 Å². The first-order valence-corrected chi connectivity index (χ1v) is 17.7. The van der Waals surface area contributed by atoms with Crippen LogP contribution >= 0.6 is 14.0 Å². The zero-order valence-electron chi connectivity index (χ0n) is 22.5. The smallest absolute Gasteiger partial charge is 0.0720 e. The maximum absolute atomic E-state index is 6.66. The van der Waals surface area contributed by atoms with E-state index in [0.717, 1.165) is 16.6 Å². The quantitative estimate of drug-likeness (QED) is 0.140. The van der Waals surface area contributed by atoms with Gasteiger partial charge in [0.25, 0.3) is 0 Å². The largest absolute Gasteiger partial charge is 0.256 e. The normalized spacial score (nSPS) is 11.6. The maximum atomic E-state index is 6.66. The van der Waals surface area contributed by atoms with Crippen molar-refractivity contribution in [2.24, 2.45) is 4.99 Å². The van der Waals surface area contributed by atoms with Crippen LogP contribution in [0.3, 0.4) is 0 Å². The molecule has 1 nitrogen and oxygen atoms in total. The average molecular weight is 582 g/mol. The summed E-state index contributed by atoms with van der Waals surface area (Å²) in [6, 6.07) is 57.4. The van der Waals surface area contributed by atoms with Gasteiger partial charge in [0.1, 0.15) is 0 Å². The maximum Gasteiger partial charge on any atom is 0.0720 e. The van der Waals surface area contributed by atoms with E-state index in [1.54, 1.807) is 0 Å². The standard InChI is InChI=1S/C37H29NP2S/c41-40(33-22-9-3-10-23-33,34-24-11-4-12-25-34)37-28-16-14-26-35(37)38-29-30-17-13-15-27-36(30)39(31-18-5-1-6-19-31)32-20-7-2-8-21-32/h1-29H. The Morgan fingerprint density at radius 3 is 1.49 bits per heavy atom. The zero-order valence-corrected chi connectivity index (χ0v) is 25.1. The molecule has 0 aliphatic rings. The fourth-order valence-corrected chi connectivity index (χ4v) is 11.5. The molecule has 6 rings (SSSR count). The lowest BCUT2D eigenvalue weighted by Gasteiger charge is -2.25. The third-order valence-corrected chi connectivity index (χ3v) is 14.5. The van der Waals surface area contributed by atoms with Gasteiger partial charge in [0.05, 0.1) is 5.69 Å². The second-order valence-electron chi connectivity index (χ2n) is 9.59. The Morgan fingerprint density at radius 2 is 0.927 bits per heavy atom. The van der Waals surface area contributed by atoms with Gasteiger partial charge < -0.3 is 0 Å². The minimum absolute atomic E-state index is 0.755. The van der Waals surface area contributed by atoms with Gasteiger partial charge in [-0.05, 0) is 40.5 Å². The molecule has 0 atom stereocenters. The van der Waals surface area contributed by atoms with Gasteiger partial charge >= 0.3 is 0 Å². The summed E-state index contributed by atoms with van der Waals surface area (Å²) in [4.78, 5) is 5.17. The monoisotopic (exact) mass is 581 g/mol. The van der Waals surface area contributed by atoms with E-state index >= 15 is 0 Å². The second-order valence-corrected chi connectivity index (χ2v) is 16.2. The number of para-hydroxylation sites is 1. The van der Waals surface area contributed by atoms with Crippen molar-refractivity contribution in [1.82, 2.24) is 0 Å². The van der Waals surface area contributed by atoms with Crippen LogP contribution < -0.4 is 31.8 Å². The molecule has 0 amide bonds. The van der Waals surface area contributed by atoms with Gasteiger partial charge in [-0.3, -0.25) is 4.99 Å². The third kappa shape index (κ3) is 5.79. The Bertz CT molecular complexity index is 1720. The summed E-state index contributed by atoms with van der Waals surface area (Å²) in [7, 11) is -0.755. The van der Waals surface area contributed by atoms with Gasteiger partial charge in [-0.15, -0.1) is 0 Å². The molecule has 0 aliphatic heterocycles. The highest BCUT2D eigenvalue weighted by molar-refractivity contribution is 8.25. The van der Waals surface area contributed by atoms with Crippen LogP contribution in [-0.4, -0.2) is 6.21 Å². The summed E-state index contributed by atoms with van der Waals surface area (Å²) in [5.74, 6) is 0. The highest BCUT2D eigenvalue weighted by Crippen LogP contribution is 2.45. The summed E-state index contributed by atoms with van der Waals surface area (Å²) >= 11 is 6.66. The first-order chi connectivity index (χ1) is 20.2. The minimum Gasteiger partial charge on any atom is -0.256 e. The van der Waals surface area contributed by atoms with Crippen molar-refractivity contribution in [2.75, 3.05) is 0 Å². The summed E-state index contributed by atoms with van der Waals surface area (Å²) in [5, 5.41) is 7.36. The lowest BCUT2D eigenvalue weighted by Crippen LogP contribution is -2.25. The first-order valence-electron chi connectivity index (χ1n) is 13.6. The topological polar surface area (TPSA) is 12.4 Å². The summed E-state index contributed by atoms with van der Waals surface area (Å²) in [6.07, 6.45) is 2.03. The molecule has 0 fully saturated rings. The van der Waals surface area contributed by atoms with E-state index in [2.05, 4.69) is 158 Å². The predicted octanol–water partition coefficient (Wildman–Crippen LogP) is 6.95. The molecular formula is C37H29NP2S. The summed E-state index contributed by atoms with van der Waals surface area (Å²) in [6.45, 7) is 0. The molecule has 41 heavy (non-hydrogen) atoms. The fourth-order valence-electron chi connectivity index (χ4n) is 5.06. The first kappa shape index (κ1) is 27.3. The summed E-state index contributed by atoms with van der Waals surface area (Å²) < 4.78 is 0. The molecule has 0 aliphatic carbocycles. The average Bonchev–Trinajstić information content (AvgIpc) is 3.06. The van der Waals surface area contributed by atoms with Crippen molar-refractivity contribution in [3.8, 4) is 0 Å². The van der Waals surface area contributed by atoms with Crippen LogP contribution in [0.15, 0.2) is 175 Å². The molecule has 0 spiro atoms. The molecule has 6 aromatic rings. The van der Waals surface area contributed by atoms with Crippen molar-refractivity contribution < 1.29 is 0 Å². The third-order valence-electron chi connectivity index (χ3n) is 7.01. The van der Waals surface area contributed by atoms with Crippen molar-refractivity contribution in [2.45, 2.75) is 0 Å². The minimum atomic E-state index is -2.34. The van der Waals surface area contributed by atoms with E-state index in [-0.39, 0.29) is 0 Å². The van der Waals surface area contributed by atoms with E-state index in [1.807, 2.05) is 18.3 Å². The highest BCUT2D eigenvalue weighted by atomic mass is 32.4. The predicted molar refractivity (Wildman–Crippen MR) is 185 cm³/mol.